The van der Waals surface area contributed by atoms with Crippen LogP contribution in [0.3, 0.4) is 0 Å². The summed E-state index contributed by atoms with van der Waals surface area (Å²) in [4.78, 5) is 15.9. The number of aryl methyl sites for hydroxylation is 1. The van der Waals surface area contributed by atoms with Gasteiger partial charge in [-0.25, -0.2) is 10.8 Å². The molecule has 1 aromatic carbocycles. The molecule has 0 fully saturated rings. The van der Waals surface area contributed by atoms with Crippen molar-refractivity contribution in [2.75, 3.05) is 5.75 Å². The normalized spacial score (nSPS) is 11.9. The Morgan fingerprint density at radius 2 is 2.14 bits per heavy atom. The van der Waals surface area contributed by atoms with E-state index in [1.54, 1.807) is 0 Å². The highest BCUT2D eigenvalue weighted by Gasteiger charge is 2.37. The number of imidazole rings is 1. The van der Waals surface area contributed by atoms with Gasteiger partial charge in [-0.2, -0.15) is 13.2 Å². The van der Waals surface area contributed by atoms with E-state index in [-0.39, 0.29) is 11.1 Å². The predicted octanol–water partition coefficient (Wildman–Crippen LogP) is 2.31. The third kappa shape index (κ3) is 2.84. The molecule has 1 heterocycles. The lowest BCUT2D eigenvalue weighted by molar-refractivity contribution is -0.146. The average Bonchev–Trinajstić information content (AvgIpc) is 2.74. The molecule has 3 N–H and O–H groups in total. The van der Waals surface area contributed by atoms with Crippen molar-refractivity contribution in [3.63, 3.8) is 0 Å². The van der Waals surface area contributed by atoms with Crippen LogP contribution in [0.4, 0.5) is 13.2 Å². The van der Waals surface area contributed by atoms with E-state index in [9.17, 15) is 18.0 Å². The summed E-state index contributed by atoms with van der Waals surface area (Å²) in [6, 6.07) is 2.85. The van der Waals surface area contributed by atoms with Gasteiger partial charge in [0.1, 0.15) is 0 Å². The Bertz CT molecular complexity index is 696. The van der Waals surface area contributed by atoms with Gasteiger partial charge in [0, 0.05) is 11.9 Å². The summed E-state index contributed by atoms with van der Waals surface area (Å²) < 4.78 is 39.6. The Balaban J connectivity index is 2.71. The van der Waals surface area contributed by atoms with E-state index in [4.69, 9.17) is 5.84 Å². The monoisotopic (exact) mass is 318 g/mol. The number of hydrogen-bond donors (Lipinski definition) is 2. The lowest BCUT2D eigenvalue weighted by atomic mass is 10.2. The first kappa shape index (κ1) is 15.6. The van der Waals surface area contributed by atoms with E-state index in [0.717, 1.165) is 4.57 Å². The molecule has 0 unspecified atom stereocenters. The van der Waals surface area contributed by atoms with Crippen molar-refractivity contribution in [3.8, 4) is 0 Å². The summed E-state index contributed by atoms with van der Waals surface area (Å²) >= 11 is 1.35. The molecule has 5 nitrogen and oxygen atoms in total. The maximum absolute atomic E-state index is 12.9. The summed E-state index contributed by atoms with van der Waals surface area (Å²) in [5.41, 5.74) is 2.61. The molecule has 0 radical (unpaired) electrons. The molecule has 0 bridgehead atoms. The smallest absolute Gasteiger partial charge is 0.323 e. The first-order chi connectivity index (χ1) is 9.79. The number of hydrazine groups is 1. The average molecular weight is 318 g/mol. The number of amides is 1. The van der Waals surface area contributed by atoms with E-state index < -0.39 is 17.9 Å². The molecule has 0 atom stereocenters. The molecular weight excluding hydrogens is 305 g/mol. The number of nitrogens with two attached hydrogens (primary N) is 1. The Kier molecular flexibility index (Phi) is 4.15. The van der Waals surface area contributed by atoms with Gasteiger partial charge in [-0.3, -0.25) is 10.2 Å². The zero-order chi connectivity index (χ0) is 15.8. The quantitative estimate of drug-likeness (QED) is 0.394. The Morgan fingerprint density at radius 3 is 2.67 bits per heavy atom. The number of nitrogens with one attached hydrogen (secondary N) is 1. The largest absolute Gasteiger partial charge is 0.449 e. The third-order valence-corrected chi connectivity index (χ3v) is 3.85. The van der Waals surface area contributed by atoms with Crippen LogP contribution in [0.1, 0.15) is 23.1 Å². The van der Waals surface area contributed by atoms with Gasteiger partial charge < -0.3 is 4.57 Å². The fourth-order valence-electron chi connectivity index (χ4n) is 2.00. The van der Waals surface area contributed by atoms with E-state index in [0.29, 0.717) is 16.2 Å². The van der Waals surface area contributed by atoms with Crippen LogP contribution >= 0.6 is 11.8 Å². The van der Waals surface area contributed by atoms with Gasteiger partial charge in [0.25, 0.3) is 5.91 Å². The van der Waals surface area contributed by atoms with Gasteiger partial charge in [0.2, 0.25) is 5.82 Å². The van der Waals surface area contributed by atoms with Crippen LogP contribution in [0, 0.1) is 0 Å². The second-order valence-corrected chi connectivity index (χ2v) is 5.54. The van der Waals surface area contributed by atoms with Crippen molar-refractivity contribution in [2.45, 2.75) is 18.0 Å². The molecule has 0 aliphatic heterocycles. The third-order valence-electron chi connectivity index (χ3n) is 2.91. The number of hydrogen-bond acceptors (Lipinski definition) is 4. The number of benzene rings is 1. The Labute approximate surface area is 122 Å². The summed E-state index contributed by atoms with van der Waals surface area (Å²) in [7, 11) is 1.29. The second-order valence-electron chi connectivity index (χ2n) is 4.24. The van der Waals surface area contributed by atoms with Crippen LogP contribution in [-0.4, -0.2) is 21.2 Å². The van der Waals surface area contributed by atoms with Crippen LogP contribution in [0.2, 0.25) is 0 Å². The number of carbonyl (C=O) groups is 1. The highest BCUT2D eigenvalue weighted by atomic mass is 32.2. The molecule has 9 heteroatoms. The molecule has 0 aliphatic carbocycles. The maximum atomic E-state index is 12.9. The minimum absolute atomic E-state index is 0.101. The topological polar surface area (TPSA) is 72.9 Å². The van der Waals surface area contributed by atoms with E-state index in [2.05, 4.69) is 4.98 Å². The van der Waals surface area contributed by atoms with Gasteiger partial charge >= 0.3 is 6.18 Å². The van der Waals surface area contributed by atoms with Crippen molar-refractivity contribution < 1.29 is 18.0 Å². The minimum Gasteiger partial charge on any atom is -0.323 e. The zero-order valence-electron chi connectivity index (χ0n) is 11.3. The molecule has 0 saturated heterocycles. The van der Waals surface area contributed by atoms with Crippen molar-refractivity contribution in [3.05, 3.63) is 23.5 Å². The van der Waals surface area contributed by atoms with Crippen LogP contribution in [0.5, 0.6) is 0 Å². The molecule has 0 aliphatic rings. The standard InChI is InChI=1S/C12H13F3N4OS/c1-3-21-9-5-8-7(4-6(9)10(20)18-16)17-11(19(8)2)12(13,14)15/h4-5H,3,16H2,1-2H3,(H,18,20). The first-order valence-electron chi connectivity index (χ1n) is 6.01. The van der Waals surface area contributed by atoms with Crippen molar-refractivity contribution >= 4 is 28.7 Å². The second kappa shape index (κ2) is 5.57. The summed E-state index contributed by atoms with van der Waals surface area (Å²) in [6.07, 6.45) is -4.55. The highest BCUT2D eigenvalue weighted by Crippen LogP contribution is 2.33. The van der Waals surface area contributed by atoms with Crippen molar-refractivity contribution in [1.82, 2.24) is 15.0 Å². The molecule has 0 saturated carbocycles. The molecule has 2 rings (SSSR count). The molecular formula is C12H13F3N4OS. The number of carbonyl (C=O) groups excluding carboxylic acids is 1. The zero-order valence-corrected chi connectivity index (χ0v) is 12.1. The fraction of sp³-hybridized carbons (Fsp3) is 0.333. The predicted molar refractivity (Wildman–Crippen MR) is 73.8 cm³/mol. The molecule has 21 heavy (non-hydrogen) atoms. The lowest BCUT2D eigenvalue weighted by Gasteiger charge is -2.08. The SMILES string of the molecule is CCSc1cc2c(cc1C(=O)NN)nc(C(F)(F)F)n2C. The molecule has 1 amide bonds. The number of aromatic nitrogens is 2. The maximum Gasteiger partial charge on any atom is 0.449 e. The summed E-state index contributed by atoms with van der Waals surface area (Å²) in [5, 5.41) is 0. The van der Waals surface area contributed by atoms with Gasteiger partial charge in [-0.1, -0.05) is 6.92 Å². The summed E-state index contributed by atoms with van der Waals surface area (Å²) in [6.45, 7) is 1.88. The number of nitrogens with zero attached hydrogens (tertiary/aromatic N) is 2. The minimum atomic E-state index is -4.55. The molecule has 2 aromatic rings. The lowest BCUT2D eigenvalue weighted by Crippen LogP contribution is -2.30. The van der Waals surface area contributed by atoms with Gasteiger partial charge in [0.05, 0.1) is 16.6 Å². The first-order valence-corrected chi connectivity index (χ1v) is 6.99. The fourth-order valence-corrected chi connectivity index (χ4v) is 2.82. The highest BCUT2D eigenvalue weighted by molar-refractivity contribution is 7.99. The van der Waals surface area contributed by atoms with Crippen LogP contribution < -0.4 is 11.3 Å². The van der Waals surface area contributed by atoms with Gasteiger partial charge in [0.15, 0.2) is 0 Å². The molecule has 114 valence electrons. The van der Waals surface area contributed by atoms with Crippen molar-refractivity contribution in [2.24, 2.45) is 12.9 Å². The number of nitrogen functional groups attached to an aromatic ring is 1. The number of thioether (sulfide) groups is 1. The number of rotatable bonds is 3. The van der Waals surface area contributed by atoms with Gasteiger partial charge in [-0.05, 0) is 17.9 Å². The number of alkyl halides is 3. The van der Waals surface area contributed by atoms with Crippen molar-refractivity contribution in [1.29, 1.82) is 0 Å². The van der Waals surface area contributed by atoms with Gasteiger partial charge in [-0.15, -0.1) is 11.8 Å². The van der Waals surface area contributed by atoms with E-state index in [1.807, 2.05) is 12.3 Å². The van der Waals surface area contributed by atoms with Crippen LogP contribution in [-0.2, 0) is 13.2 Å². The van der Waals surface area contributed by atoms with E-state index >= 15 is 0 Å². The van der Waals surface area contributed by atoms with E-state index in [1.165, 1.54) is 30.9 Å². The molecule has 1 aromatic heterocycles. The number of halogens is 3. The van der Waals surface area contributed by atoms with Crippen LogP contribution in [0.15, 0.2) is 17.0 Å². The molecule has 0 spiro atoms. The Hall–Kier alpha value is -1.74. The number of fused-ring (bicyclic) bond motifs is 1. The Morgan fingerprint density at radius 1 is 1.48 bits per heavy atom. The summed E-state index contributed by atoms with van der Waals surface area (Å²) in [5.74, 6) is 4.20. The van der Waals surface area contributed by atoms with Crippen LogP contribution in [0.25, 0.3) is 11.0 Å².